The van der Waals surface area contributed by atoms with E-state index in [0.717, 1.165) is 16.3 Å². The quantitative estimate of drug-likeness (QED) is 0.879. The molecule has 0 amide bonds. The number of para-hydroxylation sites is 1. The monoisotopic (exact) mass is 314 g/mol. The van der Waals surface area contributed by atoms with E-state index in [4.69, 9.17) is 0 Å². The SMILES string of the molecule is Cc1ccccc1-n1nc(C(=O)C(C)(C)C)cc(C(=O)O)c1=O. The molecule has 1 aromatic heterocycles. The highest BCUT2D eigenvalue weighted by Crippen LogP contribution is 2.20. The number of benzene rings is 1. The van der Waals surface area contributed by atoms with E-state index in [-0.39, 0.29) is 11.5 Å². The Bertz CT molecular complexity index is 844. The number of aromatic carboxylic acids is 1. The van der Waals surface area contributed by atoms with Crippen molar-refractivity contribution in [2.45, 2.75) is 27.7 Å². The zero-order valence-electron chi connectivity index (χ0n) is 13.5. The minimum atomic E-state index is -1.39. The molecule has 0 spiro atoms. The summed E-state index contributed by atoms with van der Waals surface area (Å²) in [4.78, 5) is 36.2. The standard InChI is InChI=1S/C17H18N2O4/c1-10-7-5-6-8-13(10)19-15(21)11(16(22)23)9-12(18-19)14(20)17(2,3)4/h5-9H,1-4H3,(H,22,23). The normalized spacial score (nSPS) is 11.3. The van der Waals surface area contributed by atoms with E-state index in [1.54, 1.807) is 52.0 Å². The van der Waals surface area contributed by atoms with Crippen LogP contribution in [0.5, 0.6) is 0 Å². The maximum absolute atomic E-state index is 12.4. The van der Waals surface area contributed by atoms with Gasteiger partial charge in [-0.2, -0.15) is 9.78 Å². The van der Waals surface area contributed by atoms with E-state index in [1.165, 1.54) is 0 Å². The van der Waals surface area contributed by atoms with Crippen molar-refractivity contribution in [1.29, 1.82) is 0 Å². The first kappa shape index (κ1) is 16.6. The number of carboxylic acids is 1. The molecule has 0 aliphatic carbocycles. The fourth-order valence-corrected chi connectivity index (χ4v) is 2.11. The van der Waals surface area contributed by atoms with Crippen LogP contribution in [0.1, 0.15) is 47.2 Å². The summed E-state index contributed by atoms with van der Waals surface area (Å²) in [6.45, 7) is 6.91. The van der Waals surface area contributed by atoms with E-state index >= 15 is 0 Å². The largest absolute Gasteiger partial charge is 0.477 e. The van der Waals surface area contributed by atoms with Crippen molar-refractivity contribution in [2.24, 2.45) is 5.41 Å². The minimum absolute atomic E-state index is 0.0437. The third-order valence-corrected chi connectivity index (χ3v) is 3.40. The summed E-state index contributed by atoms with van der Waals surface area (Å²) >= 11 is 0. The van der Waals surface area contributed by atoms with E-state index in [2.05, 4.69) is 5.10 Å². The molecule has 1 aromatic carbocycles. The molecule has 0 saturated carbocycles. The van der Waals surface area contributed by atoms with Crippen molar-refractivity contribution < 1.29 is 14.7 Å². The van der Waals surface area contributed by atoms with E-state index in [9.17, 15) is 19.5 Å². The highest BCUT2D eigenvalue weighted by atomic mass is 16.4. The van der Waals surface area contributed by atoms with E-state index in [0.29, 0.717) is 5.69 Å². The molecule has 0 fully saturated rings. The molecule has 0 radical (unpaired) electrons. The number of carbonyl (C=O) groups excluding carboxylic acids is 1. The maximum Gasteiger partial charge on any atom is 0.341 e. The van der Waals surface area contributed by atoms with Crippen molar-refractivity contribution in [3.63, 3.8) is 0 Å². The molecule has 2 rings (SSSR count). The average molecular weight is 314 g/mol. The molecule has 0 aliphatic heterocycles. The predicted molar refractivity (Wildman–Crippen MR) is 85.3 cm³/mol. The molecule has 6 nitrogen and oxygen atoms in total. The number of Topliss-reactive ketones (excluding diaryl/α,β-unsaturated/α-hetero) is 1. The van der Waals surface area contributed by atoms with Crippen LogP contribution >= 0.6 is 0 Å². The van der Waals surface area contributed by atoms with Crippen molar-refractivity contribution in [2.75, 3.05) is 0 Å². The van der Waals surface area contributed by atoms with E-state index in [1.807, 2.05) is 0 Å². The molecule has 23 heavy (non-hydrogen) atoms. The molecule has 0 unspecified atom stereocenters. The number of aryl methyl sites for hydroxylation is 1. The van der Waals surface area contributed by atoms with Crippen LogP contribution < -0.4 is 5.56 Å². The molecular formula is C17H18N2O4. The van der Waals surface area contributed by atoms with Crippen molar-refractivity contribution >= 4 is 11.8 Å². The summed E-state index contributed by atoms with van der Waals surface area (Å²) in [5.41, 5.74) is -0.829. The number of hydrogen-bond acceptors (Lipinski definition) is 4. The second-order valence-corrected chi connectivity index (χ2v) is 6.33. The zero-order chi connectivity index (χ0) is 17.4. The third-order valence-electron chi connectivity index (χ3n) is 3.40. The zero-order valence-corrected chi connectivity index (χ0v) is 13.5. The number of rotatable bonds is 3. The van der Waals surface area contributed by atoms with Gasteiger partial charge >= 0.3 is 5.97 Å². The van der Waals surface area contributed by atoms with Gasteiger partial charge in [-0.25, -0.2) is 4.79 Å². The Morgan fingerprint density at radius 1 is 1.17 bits per heavy atom. The molecule has 0 atom stereocenters. The fraction of sp³-hybridized carbons (Fsp3) is 0.294. The maximum atomic E-state index is 12.4. The van der Waals surface area contributed by atoms with Gasteiger partial charge in [0.25, 0.3) is 5.56 Å². The first-order chi connectivity index (χ1) is 10.6. The third kappa shape index (κ3) is 3.21. The Hall–Kier alpha value is -2.76. The lowest BCUT2D eigenvalue weighted by Gasteiger charge is -2.17. The van der Waals surface area contributed by atoms with Gasteiger partial charge in [-0.05, 0) is 24.6 Å². The molecular weight excluding hydrogens is 296 g/mol. The fourth-order valence-electron chi connectivity index (χ4n) is 2.11. The predicted octanol–water partition coefficient (Wildman–Crippen LogP) is 2.47. The highest BCUT2D eigenvalue weighted by Gasteiger charge is 2.27. The van der Waals surface area contributed by atoms with Crippen LogP contribution in [0, 0.1) is 12.3 Å². The molecule has 1 heterocycles. The minimum Gasteiger partial charge on any atom is -0.477 e. The van der Waals surface area contributed by atoms with Crippen LogP contribution in [0.2, 0.25) is 0 Å². The number of ketones is 1. The summed E-state index contributed by atoms with van der Waals surface area (Å²) in [5, 5.41) is 13.4. The van der Waals surface area contributed by atoms with Crippen LogP contribution in [0.25, 0.3) is 5.69 Å². The summed E-state index contributed by atoms with van der Waals surface area (Å²) < 4.78 is 0.984. The first-order valence-electron chi connectivity index (χ1n) is 7.11. The van der Waals surface area contributed by atoms with Crippen molar-refractivity contribution in [1.82, 2.24) is 9.78 Å². The number of nitrogens with zero attached hydrogens (tertiary/aromatic N) is 2. The summed E-state index contributed by atoms with van der Waals surface area (Å²) in [6.07, 6.45) is 0. The summed E-state index contributed by atoms with van der Waals surface area (Å²) in [5.74, 6) is -1.72. The van der Waals surface area contributed by atoms with Crippen LogP contribution in [-0.4, -0.2) is 26.6 Å². The molecule has 0 bridgehead atoms. The van der Waals surface area contributed by atoms with Gasteiger partial charge in [-0.3, -0.25) is 9.59 Å². The first-order valence-corrected chi connectivity index (χ1v) is 7.11. The van der Waals surface area contributed by atoms with Gasteiger partial charge in [0.15, 0.2) is 5.78 Å². The lowest BCUT2D eigenvalue weighted by Crippen LogP contribution is -2.32. The topological polar surface area (TPSA) is 89.3 Å². The highest BCUT2D eigenvalue weighted by molar-refractivity contribution is 5.99. The molecule has 120 valence electrons. The number of carboxylic acid groups (broad SMARTS) is 1. The second-order valence-electron chi connectivity index (χ2n) is 6.33. The molecule has 6 heteroatoms. The number of carbonyl (C=O) groups is 2. The van der Waals surface area contributed by atoms with Crippen LogP contribution in [-0.2, 0) is 0 Å². The lowest BCUT2D eigenvalue weighted by molar-refractivity contribution is 0.0694. The average Bonchev–Trinajstić information content (AvgIpc) is 2.46. The number of aromatic nitrogens is 2. The Labute approximate surface area is 133 Å². The Morgan fingerprint density at radius 2 is 1.78 bits per heavy atom. The van der Waals surface area contributed by atoms with Gasteiger partial charge in [-0.1, -0.05) is 39.0 Å². The second kappa shape index (κ2) is 5.79. The molecule has 2 aromatic rings. The van der Waals surface area contributed by atoms with Crippen LogP contribution in [0.4, 0.5) is 0 Å². The smallest absolute Gasteiger partial charge is 0.341 e. The Morgan fingerprint density at radius 3 is 2.30 bits per heavy atom. The van der Waals surface area contributed by atoms with Gasteiger partial charge in [0.05, 0.1) is 5.69 Å². The van der Waals surface area contributed by atoms with Crippen molar-refractivity contribution in [3.8, 4) is 5.69 Å². The molecule has 0 saturated heterocycles. The summed E-state index contributed by atoms with van der Waals surface area (Å²) in [7, 11) is 0. The van der Waals surface area contributed by atoms with Crippen LogP contribution in [0.15, 0.2) is 35.1 Å². The van der Waals surface area contributed by atoms with Gasteiger partial charge < -0.3 is 5.11 Å². The van der Waals surface area contributed by atoms with E-state index < -0.39 is 22.5 Å². The van der Waals surface area contributed by atoms with Gasteiger partial charge in [0, 0.05) is 5.41 Å². The van der Waals surface area contributed by atoms with Gasteiger partial charge in [-0.15, -0.1) is 0 Å². The molecule has 1 N–H and O–H groups in total. The van der Waals surface area contributed by atoms with Crippen molar-refractivity contribution in [3.05, 3.63) is 57.5 Å². The molecule has 0 aliphatic rings. The van der Waals surface area contributed by atoms with Gasteiger partial charge in [0.2, 0.25) is 0 Å². The van der Waals surface area contributed by atoms with Crippen LogP contribution in [0.3, 0.4) is 0 Å². The van der Waals surface area contributed by atoms with Gasteiger partial charge in [0.1, 0.15) is 11.3 Å². The number of hydrogen-bond donors (Lipinski definition) is 1. The Kier molecular flexibility index (Phi) is 4.18. The lowest BCUT2D eigenvalue weighted by atomic mass is 9.88. The Balaban J connectivity index is 2.80. The summed E-state index contributed by atoms with van der Waals surface area (Å²) in [6, 6.07) is 8.00.